The number of hydrogen-bond acceptors (Lipinski definition) is 5. The van der Waals surface area contributed by atoms with Gasteiger partial charge in [-0.1, -0.05) is 27.3 Å². The van der Waals surface area contributed by atoms with Crippen molar-refractivity contribution in [3.63, 3.8) is 0 Å². The topological polar surface area (TPSA) is 60.2 Å². The maximum absolute atomic E-state index is 5.29. The summed E-state index contributed by atoms with van der Waals surface area (Å²) in [6, 6.07) is 3.86. The van der Waals surface area contributed by atoms with Crippen molar-refractivity contribution >= 4 is 42.6 Å². The summed E-state index contributed by atoms with van der Waals surface area (Å²) in [7, 11) is 1.62. The van der Waals surface area contributed by atoms with E-state index in [9.17, 15) is 0 Å². The average molecular weight is 274 g/mol. The first kappa shape index (κ1) is 9.70. The number of nitrogens with one attached hydrogen (secondary N) is 1. The predicted molar refractivity (Wildman–Crippen MR) is 61.7 cm³/mol. The Morgan fingerprint density at radius 1 is 1.57 bits per heavy atom. The number of ether oxygens (including phenoxy) is 1. The van der Waals surface area contributed by atoms with Gasteiger partial charge in [0.1, 0.15) is 11.3 Å². The van der Waals surface area contributed by atoms with Gasteiger partial charge in [0.2, 0.25) is 0 Å². The number of fused-ring (bicyclic) bond motifs is 1. The average Bonchev–Trinajstić information content (AvgIpc) is 2.59. The number of halogens is 1. The molecule has 0 aliphatic heterocycles. The highest BCUT2D eigenvalue weighted by atomic mass is 79.9. The molecular weight excluding hydrogens is 266 g/mol. The van der Waals surface area contributed by atoms with Crippen LogP contribution in [0.4, 0.5) is 5.13 Å². The Hall–Kier alpha value is -0.850. The number of anilines is 1. The van der Waals surface area contributed by atoms with Crippen LogP contribution in [-0.4, -0.2) is 12.1 Å². The summed E-state index contributed by atoms with van der Waals surface area (Å²) in [5.74, 6) is 6.03. The van der Waals surface area contributed by atoms with E-state index in [-0.39, 0.29) is 0 Å². The molecule has 0 saturated carbocycles. The lowest BCUT2D eigenvalue weighted by molar-refractivity contribution is 0.419. The number of rotatable bonds is 2. The van der Waals surface area contributed by atoms with Gasteiger partial charge in [0.05, 0.1) is 11.8 Å². The molecule has 1 heterocycles. The summed E-state index contributed by atoms with van der Waals surface area (Å²) >= 11 is 4.89. The molecule has 0 amide bonds. The number of nitrogens with two attached hydrogens (primary N) is 1. The van der Waals surface area contributed by atoms with Crippen molar-refractivity contribution in [2.24, 2.45) is 5.84 Å². The van der Waals surface area contributed by atoms with E-state index in [1.165, 1.54) is 11.3 Å². The lowest BCUT2D eigenvalue weighted by atomic mass is 10.3. The minimum Gasteiger partial charge on any atom is -0.494 e. The zero-order valence-corrected chi connectivity index (χ0v) is 9.78. The second kappa shape index (κ2) is 3.72. The highest BCUT2D eigenvalue weighted by Gasteiger charge is 2.09. The number of nitrogen functional groups attached to an aromatic ring is 1. The number of nitrogens with zero attached hydrogens (tertiary/aromatic N) is 1. The molecule has 0 aliphatic carbocycles. The molecule has 0 spiro atoms. The summed E-state index contributed by atoms with van der Waals surface area (Å²) in [4.78, 5) is 4.28. The van der Waals surface area contributed by atoms with Crippen LogP contribution in [0, 0.1) is 0 Å². The van der Waals surface area contributed by atoms with Crippen molar-refractivity contribution in [3.05, 3.63) is 16.6 Å². The quantitative estimate of drug-likeness (QED) is 0.652. The van der Waals surface area contributed by atoms with Crippen LogP contribution in [0.5, 0.6) is 5.75 Å². The normalized spacial score (nSPS) is 10.5. The van der Waals surface area contributed by atoms with Gasteiger partial charge < -0.3 is 4.74 Å². The van der Waals surface area contributed by atoms with Crippen molar-refractivity contribution in [1.82, 2.24) is 4.98 Å². The van der Waals surface area contributed by atoms with Crippen molar-refractivity contribution in [3.8, 4) is 5.75 Å². The molecule has 0 radical (unpaired) electrons. The molecule has 3 N–H and O–H groups in total. The van der Waals surface area contributed by atoms with E-state index < -0.39 is 0 Å². The summed E-state index contributed by atoms with van der Waals surface area (Å²) in [5.41, 5.74) is 3.35. The smallest absolute Gasteiger partial charge is 0.198 e. The Balaban J connectivity index is 2.71. The summed E-state index contributed by atoms with van der Waals surface area (Å²) < 4.78 is 7.21. The number of benzene rings is 1. The van der Waals surface area contributed by atoms with Crippen molar-refractivity contribution in [1.29, 1.82) is 0 Å². The summed E-state index contributed by atoms with van der Waals surface area (Å²) in [5, 5.41) is 0.677. The third-order valence-corrected chi connectivity index (χ3v) is 3.16. The molecule has 0 atom stereocenters. The number of hydrazine groups is 1. The monoisotopic (exact) mass is 273 g/mol. The molecule has 4 nitrogen and oxygen atoms in total. The lowest BCUT2D eigenvalue weighted by Gasteiger charge is -2.00. The Bertz CT molecular complexity index is 471. The molecule has 2 aromatic rings. The largest absolute Gasteiger partial charge is 0.494 e. The first-order valence-corrected chi connectivity index (χ1v) is 5.46. The molecule has 1 aromatic carbocycles. The van der Waals surface area contributed by atoms with Crippen LogP contribution < -0.4 is 16.0 Å². The molecule has 0 unspecified atom stereocenters. The molecule has 6 heteroatoms. The van der Waals surface area contributed by atoms with Gasteiger partial charge in [0.25, 0.3) is 0 Å². The zero-order valence-electron chi connectivity index (χ0n) is 7.37. The number of aromatic nitrogens is 1. The van der Waals surface area contributed by atoms with Gasteiger partial charge in [0.15, 0.2) is 5.13 Å². The molecule has 0 aliphatic rings. The van der Waals surface area contributed by atoms with Crippen LogP contribution in [0.3, 0.4) is 0 Å². The van der Waals surface area contributed by atoms with Gasteiger partial charge in [-0.05, 0) is 12.1 Å². The number of hydrogen-bond donors (Lipinski definition) is 2. The Labute approximate surface area is 93.2 Å². The Kier molecular flexibility index (Phi) is 2.58. The highest BCUT2D eigenvalue weighted by Crippen LogP contribution is 2.34. The first-order chi connectivity index (χ1) is 6.74. The Morgan fingerprint density at radius 3 is 3.00 bits per heavy atom. The summed E-state index contributed by atoms with van der Waals surface area (Å²) in [6.45, 7) is 0. The Morgan fingerprint density at radius 2 is 2.36 bits per heavy atom. The van der Waals surface area contributed by atoms with E-state index in [1.54, 1.807) is 7.11 Å². The molecular formula is C8H8BrN3OS. The summed E-state index contributed by atoms with van der Waals surface area (Å²) in [6.07, 6.45) is 0. The van der Waals surface area contributed by atoms with Gasteiger partial charge in [-0.25, -0.2) is 10.8 Å². The molecule has 0 saturated heterocycles. The van der Waals surface area contributed by atoms with Crippen LogP contribution in [-0.2, 0) is 0 Å². The van der Waals surface area contributed by atoms with E-state index in [1.807, 2.05) is 12.1 Å². The van der Waals surface area contributed by atoms with E-state index in [2.05, 4.69) is 26.3 Å². The zero-order chi connectivity index (χ0) is 10.1. The first-order valence-electron chi connectivity index (χ1n) is 3.85. The molecule has 0 bridgehead atoms. The van der Waals surface area contributed by atoms with Gasteiger partial charge in [-0.15, -0.1) is 0 Å². The second-order valence-electron chi connectivity index (χ2n) is 2.62. The lowest BCUT2D eigenvalue weighted by Crippen LogP contribution is -2.05. The van der Waals surface area contributed by atoms with Crippen LogP contribution >= 0.6 is 27.3 Å². The third kappa shape index (κ3) is 1.56. The van der Waals surface area contributed by atoms with Gasteiger partial charge in [-0.2, -0.15) is 0 Å². The van der Waals surface area contributed by atoms with E-state index in [4.69, 9.17) is 10.6 Å². The van der Waals surface area contributed by atoms with Crippen molar-refractivity contribution in [2.75, 3.05) is 12.5 Å². The van der Waals surface area contributed by atoms with Crippen LogP contribution in [0.15, 0.2) is 16.6 Å². The molecule has 74 valence electrons. The van der Waals surface area contributed by atoms with E-state index in [0.717, 1.165) is 20.4 Å². The maximum atomic E-state index is 5.29. The van der Waals surface area contributed by atoms with Gasteiger partial charge >= 0.3 is 0 Å². The standard InChI is InChI=1S/C8H8BrN3OS/c1-13-5-2-4(9)3-6-7(5)11-8(12-10)14-6/h2-3H,10H2,1H3,(H,11,12). The minimum atomic E-state index is 0.677. The molecule has 1 aromatic heterocycles. The van der Waals surface area contributed by atoms with Gasteiger partial charge in [-0.3, -0.25) is 5.43 Å². The van der Waals surface area contributed by atoms with Crippen LogP contribution in [0.2, 0.25) is 0 Å². The van der Waals surface area contributed by atoms with Crippen LogP contribution in [0.1, 0.15) is 0 Å². The fourth-order valence-electron chi connectivity index (χ4n) is 1.18. The van der Waals surface area contributed by atoms with E-state index >= 15 is 0 Å². The second-order valence-corrected chi connectivity index (χ2v) is 4.56. The fraction of sp³-hybridized carbons (Fsp3) is 0.125. The fourth-order valence-corrected chi connectivity index (χ4v) is 2.61. The van der Waals surface area contributed by atoms with Crippen molar-refractivity contribution in [2.45, 2.75) is 0 Å². The molecule has 2 rings (SSSR count). The highest BCUT2D eigenvalue weighted by molar-refractivity contribution is 9.10. The third-order valence-electron chi connectivity index (χ3n) is 1.77. The SMILES string of the molecule is COc1cc(Br)cc2sc(NN)nc12. The van der Waals surface area contributed by atoms with Gasteiger partial charge in [0, 0.05) is 4.47 Å². The molecule has 0 fully saturated rings. The molecule has 14 heavy (non-hydrogen) atoms. The maximum Gasteiger partial charge on any atom is 0.198 e. The van der Waals surface area contributed by atoms with E-state index in [0.29, 0.717) is 5.13 Å². The number of thiazole rings is 1. The van der Waals surface area contributed by atoms with Crippen LogP contribution in [0.25, 0.3) is 10.2 Å². The number of methoxy groups -OCH3 is 1. The minimum absolute atomic E-state index is 0.677. The predicted octanol–water partition coefficient (Wildman–Crippen LogP) is 2.35. The van der Waals surface area contributed by atoms with Crippen molar-refractivity contribution < 1.29 is 4.74 Å².